The van der Waals surface area contributed by atoms with Gasteiger partial charge in [0.05, 0.1) is 6.04 Å². The molecule has 0 fully saturated rings. The lowest BCUT2D eigenvalue weighted by atomic mass is 10.0. The van der Waals surface area contributed by atoms with E-state index in [1.54, 1.807) is 30.3 Å². The first kappa shape index (κ1) is 20.6. The van der Waals surface area contributed by atoms with Gasteiger partial charge < -0.3 is 15.6 Å². The van der Waals surface area contributed by atoms with Crippen molar-refractivity contribution in [1.82, 2.24) is 5.16 Å². The van der Waals surface area contributed by atoms with Crippen molar-refractivity contribution in [3.05, 3.63) is 60.4 Å². The molecule has 1 aromatic heterocycles. The van der Waals surface area contributed by atoms with E-state index in [0.29, 0.717) is 22.7 Å². The molecule has 1 unspecified atom stereocenters. The van der Waals surface area contributed by atoms with Crippen molar-refractivity contribution in [3.63, 3.8) is 0 Å². The topological polar surface area (TPSA) is 81.2 Å². The number of aromatic nitrogens is 1. The molecule has 0 aliphatic rings. The van der Waals surface area contributed by atoms with E-state index < -0.39 is 6.04 Å². The number of carbonyl (C=O) groups is 1. The summed E-state index contributed by atoms with van der Waals surface area (Å²) in [6.07, 6.45) is 0. The van der Waals surface area contributed by atoms with Crippen LogP contribution in [0.25, 0.3) is 22.6 Å². The Bertz CT molecular complexity index is 910. The smallest absolute Gasteiger partial charge is 0.241 e. The number of hydrogen-bond acceptors (Lipinski definition) is 4. The monoisotopic (exact) mass is 389 g/mol. The molecule has 5 nitrogen and oxygen atoms in total. The van der Waals surface area contributed by atoms with Gasteiger partial charge in [-0.2, -0.15) is 0 Å². The Morgan fingerprint density at radius 3 is 2.44 bits per heavy atom. The third-order valence-electron chi connectivity index (χ3n) is 4.09. The van der Waals surface area contributed by atoms with Crippen LogP contribution in [0.15, 0.2) is 59.1 Å². The number of amides is 1. The van der Waals surface area contributed by atoms with Crippen LogP contribution in [0, 0.1) is 11.7 Å². The highest BCUT2D eigenvalue weighted by Crippen LogP contribution is 2.27. The van der Waals surface area contributed by atoms with Crippen molar-refractivity contribution < 1.29 is 13.7 Å². The van der Waals surface area contributed by atoms with Gasteiger partial charge in [-0.15, -0.1) is 12.4 Å². The van der Waals surface area contributed by atoms with E-state index in [-0.39, 0.29) is 30.0 Å². The fourth-order valence-corrected chi connectivity index (χ4v) is 2.44. The summed E-state index contributed by atoms with van der Waals surface area (Å²) in [5.41, 5.74) is 8.56. The Morgan fingerprint density at radius 2 is 1.81 bits per heavy atom. The Morgan fingerprint density at radius 1 is 1.11 bits per heavy atom. The Kier molecular flexibility index (Phi) is 6.71. The van der Waals surface area contributed by atoms with Gasteiger partial charge in [-0.1, -0.05) is 43.3 Å². The third kappa shape index (κ3) is 4.93. The van der Waals surface area contributed by atoms with E-state index in [0.717, 1.165) is 5.56 Å². The van der Waals surface area contributed by atoms with Crippen molar-refractivity contribution in [2.24, 2.45) is 11.7 Å². The molecule has 1 amide bonds. The number of nitrogens with zero attached hydrogens (tertiary/aromatic N) is 1. The van der Waals surface area contributed by atoms with Crippen molar-refractivity contribution in [1.29, 1.82) is 0 Å². The van der Waals surface area contributed by atoms with Gasteiger partial charge in [0, 0.05) is 22.9 Å². The van der Waals surface area contributed by atoms with Gasteiger partial charge in [-0.25, -0.2) is 4.39 Å². The number of benzene rings is 2. The fourth-order valence-electron chi connectivity index (χ4n) is 2.44. The van der Waals surface area contributed by atoms with Crippen LogP contribution in [0.4, 0.5) is 10.1 Å². The largest absolute Gasteiger partial charge is 0.356 e. The molecular weight excluding hydrogens is 369 g/mol. The van der Waals surface area contributed by atoms with Crippen LogP contribution < -0.4 is 11.1 Å². The average molecular weight is 390 g/mol. The second-order valence-electron chi connectivity index (χ2n) is 6.42. The van der Waals surface area contributed by atoms with Crippen molar-refractivity contribution in [3.8, 4) is 22.6 Å². The molecule has 3 N–H and O–H groups in total. The first-order valence-corrected chi connectivity index (χ1v) is 8.33. The molecule has 0 radical (unpaired) electrons. The number of carbonyl (C=O) groups excluding carboxylic acids is 1. The molecule has 27 heavy (non-hydrogen) atoms. The summed E-state index contributed by atoms with van der Waals surface area (Å²) in [4.78, 5) is 12.0. The van der Waals surface area contributed by atoms with Crippen LogP contribution in [0.1, 0.15) is 13.8 Å². The number of hydrogen-bond donors (Lipinski definition) is 2. The predicted molar refractivity (Wildman–Crippen MR) is 106 cm³/mol. The molecule has 0 saturated heterocycles. The molecule has 1 atom stereocenters. The molecule has 2 aromatic carbocycles. The fraction of sp³-hybridized carbons (Fsp3) is 0.200. The normalized spacial score (nSPS) is 11.7. The van der Waals surface area contributed by atoms with Gasteiger partial charge >= 0.3 is 0 Å². The summed E-state index contributed by atoms with van der Waals surface area (Å²) in [7, 11) is 0. The van der Waals surface area contributed by atoms with Gasteiger partial charge in [0.2, 0.25) is 5.91 Å². The van der Waals surface area contributed by atoms with E-state index in [1.165, 1.54) is 12.1 Å². The van der Waals surface area contributed by atoms with Crippen LogP contribution >= 0.6 is 12.4 Å². The molecule has 0 spiro atoms. The summed E-state index contributed by atoms with van der Waals surface area (Å²) in [6, 6.07) is 14.5. The van der Waals surface area contributed by atoms with E-state index in [4.69, 9.17) is 10.3 Å². The number of nitrogens with one attached hydrogen (secondary N) is 1. The molecule has 0 bridgehead atoms. The van der Waals surface area contributed by atoms with E-state index >= 15 is 0 Å². The van der Waals surface area contributed by atoms with Crippen molar-refractivity contribution in [2.45, 2.75) is 19.9 Å². The van der Waals surface area contributed by atoms with E-state index in [2.05, 4.69) is 10.5 Å². The quantitative estimate of drug-likeness (QED) is 0.673. The van der Waals surface area contributed by atoms with Gasteiger partial charge in [0.15, 0.2) is 5.76 Å². The second-order valence-corrected chi connectivity index (χ2v) is 6.42. The molecule has 3 aromatic rings. The number of anilines is 1. The van der Waals surface area contributed by atoms with Crippen molar-refractivity contribution >= 4 is 24.0 Å². The second kappa shape index (κ2) is 8.79. The van der Waals surface area contributed by atoms with Crippen LogP contribution in [-0.4, -0.2) is 17.1 Å². The van der Waals surface area contributed by atoms with Crippen molar-refractivity contribution in [2.75, 3.05) is 5.32 Å². The van der Waals surface area contributed by atoms with Gasteiger partial charge in [-0.3, -0.25) is 4.79 Å². The minimum atomic E-state index is -0.556. The first-order chi connectivity index (χ1) is 12.4. The molecule has 0 saturated carbocycles. The molecule has 3 rings (SSSR count). The highest BCUT2D eigenvalue weighted by atomic mass is 35.5. The van der Waals surface area contributed by atoms with Crippen LogP contribution in [0.5, 0.6) is 0 Å². The van der Waals surface area contributed by atoms with Gasteiger partial charge in [-0.05, 0) is 30.2 Å². The summed E-state index contributed by atoms with van der Waals surface area (Å²) < 4.78 is 18.6. The third-order valence-corrected chi connectivity index (χ3v) is 4.09. The molecule has 7 heteroatoms. The SMILES string of the molecule is CC(C)C(N)C(=O)Nc1ccc(-c2cc(-c3cccc(F)c3)on2)cc1.Cl. The predicted octanol–water partition coefficient (Wildman–Crippen LogP) is 4.49. The van der Waals surface area contributed by atoms with Crippen LogP contribution in [-0.2, 0) is 4.79 Å². The summed E-state index contributed by atoms with van der Waals surface area (Å²) >= 11 is 0. The maximum absolute atomic E-state index is 13.3. The minimum Gasteiger partial charge on any atom is -0.356 e. The lowest BCUT2D eigenvalue weighted by Crippen LogP contribution is -2.39. The molecular formula is C20H21ClFN3O2. The number of halogens is 2. The summed E-state index contributed by atoms with van der Waals surface area (Å²) in [5.74, 6) is -0.00633. The van der Waals surface area contributed by atoms with E-state index in [1.807, 2.05) is 26.0 Å². The number of nitrogens with two attached hydrogens (primary N) is 1. The standard InChI is InChI=1S/C20H20FN3O2.ClH/c1-12(2)19(22)20(25)23-16-8-6-13(7-9-16)17-11-18(26-24-17)14-4-3-5-15(21)10-14;/h3-12,19H,22H2,1-2H3,(H,23,25);1H. The molecule has 142 valence electrons. The first-order valence-electron chi connectivity index (χ1n) is 8.33. The highest BCUT2D eigenvalue weighted by Gasteiger charge is 2.17. The van der Waals surface area contributed by atoms with Crippen LogP contribution in [0.2, 0.25) is 0 Å². The lowest BCUT2D eigenvalue weighted by molar-refractivity contribution is -0.118. The maximum Gasteiger partial charge on any atom is 0.241 e. The Labute approximate surface area is 163 Å². The minimum absolute atomic E-state index is 0. The summed E-state index contributed by atoms with van der Waals surface area (Å²) in [6.45, 7) is 3.79. The Balaban J connectivity index is 0.00000261. The average Bonchev–Trinajstić information content (AvgIpc) is 3.11. The van der Waals surface area contributed by atoms with E-state index in [9.17, 15) is 9.18 Å². The lowest BCUT2D eigenvalue weighted by Gasteiger charge is -2.15. The van der Waals surface area contributed by atoms with Gasteiger partial charge in [0.25, 0.3) is 0 Å². The zero-order valence-corrected chi connectivity index (χ0v) is 15.8. The zero-order chi connectivity index (χ0) is 18.7. The maximum atomic E-state index is 13.3. The zero-order valence-electron chi connectivity index (χ0n) is 15.0. The number of rotatable bonds is 5. The molecule has 0 aliphatic heterocycles. The highest BCUT2D eigenvalue weighted by molar-refractivity contribution is 5.95. The Hall–Kier alpha value is -2.70. The molecule has 0 aliphatic carbocycles. The van der Waals surface area contributed by atoms with Gasteiger partial charge in [0.1, 0.15) is 11.5 Å². The molecule has 1 heterocycles. The van der Waals surface area contributed by atoms with Crippen LogP contribution in [0.3, 0.4) is 0 Å². The summed E-state index contributed by atoms with van der Waals surface area (Å²) in [5, 5.41) is 6.82.